The zero-order valence-electron chi connectivity index (χ0n) is 11.3. The molecule has 1 atom stereocenters. The summed E-state index contributed by atoms with van der Waals surface area (Å²) < 4.78 is 0. The van der Waals surface area contributed by atoms with E-state index < -0.39 is 6.04 Å². The first-order valence-corrected chi connectivity index (χ1v) is 6.62. The zero-order valence-corrected chi connectivity index (χ0v) is 12.0. The summed E-state index contributed by atoms with van der Waals surface area (Å²) in [7, 11) is 0. The van der Waals surface area contributed by atoms with Crippen LogP contribution < -0.4 is 16.4 Å². The Bertz CT molecular complexity index is 517. The maximum atomic E-state index is 11.8. The van der Waals surface area contributed by atoms with Gasteiger partial charge in [0.2, 0.25) is 11.8 Å². The van der Waals surface area contributed by atoms with E-state index in [0.717, 1.165) is 0 Å². The molecule has 0 heterocycles. The summed E-state index contributed by atoms with van der Waals surface area (Å²) in [6.45, 7) is 5.28. The van der Waals surface area contributed by atoms with Crippen molar-refractivity contribution < 1.29 is 9.59 Å². The molecule has 0 saturated heterocycles. The third-order valence-electron chi connectivity index (χ3n) is 2.59. The van der Waals surface area contributed by atoms with Crippen LogP contribution in [-0.4, -0.2) is 17.9 Å². The molecule has 0 bridgehead atoms. The Morgan fingerprint density at radius 2 is 2.15 bits per heavy atom. The van der Waals surface area contributed by atoms with Crippen LogP contribution >= 0.6 is 11.6 Å². The fourth-order valence-corrected chi connectivity index (χ4v) is 1.63. The molecule has 1 rings (SSSR count). The van der Waals surface area contributed by atoms with Crippen LogP contribution in [0.3, 0.4) is 0 Å². The van der Waals surface area contributed by atoms with Crippen LogP contribution in [0.25, 0.3) is 0 Å². The van der Waals surface area contributed by atoms with Gasteiger partial charge in [-0.2, -0.15) is 0 Å². The molecule has 1 aromatic rings. The van der Waals surface area contributed by atoms with Crippen molar-refractivity contribution in [2.45, 2.75) is 25.8 Å². The lowest BCUT2D eigenvalue weighted by Crippen LogP contribution is -2.35. The molecule has 2 amide bonds. The molecule has 20 heavy (non-hydrogen) atoms. The summed E-state index contributed by atoms with van der Waals surface area (Å²) in [4.78, 5) is 23.1. The normalized spacial score (nSPS) is 11.6. The summed E-state index contributed by atoms with van der Waals surface area (Å²) in [6.07, 6.45) is 2.31. The monoisotopic (exact) mass is 295 g/mol. The van der Waals surface area contributed by atoms with Gasteiger partial charge in [0, 0.05) is 12.1 Å². The van der Waals surface area contributed by atoms with Crippen molar-refractivity contribution in [1.82, 2.24) is 0 Å². The van der Waals surface area contributed by atoms with Crippen LogP contribution in [0.2, 0.25) is 5.02 Å². The minimum Gasteiger partial charge on any atom is -0.326 e. The molecular formula is C14H18ClN3O2. The van der Waals surface area contributed by atoms with Crippen LogP contribution in [0, 0.1) is 0 Å². The van der Waals surface area contributed by atoms with Crippen LogP contribution in [0.15, 0.2) is 30.9 Å². The van der Waals surface area contributed by atoms with Crippen molar-refractivity contribution in [3.63, 3.8) is 0 Å². The second-order valence-electron chi connectivity index (χ2n) is 4.22. The molecule has 1 unspecified atom stereocenters. The van der Waals surface area contributed by atoms with E-state index in [9.17, 15) is 9.59 Å². The molecule has 0 aromatic heterocycles. The number of amides is 2. The first-order chi connectivity index (χ1) is 9.47. The van der Waals surface area contributed by atoms with E-state index in [1.165, 1.54) is 0 Å². The van der Waals surface area contributed by atoms with Crippen molar-refractivity contribution in [2.24, 2.45) is 5.73 Å². The molecule has 6 heteroatoms. The highest BCUT2D eigenvalue weighted by Gasteiger charge is 2.14. The Labute approximate surface area is 123 Å². The topological polar surface area (TPSA) is 84.2 Å². The quantitative estimate of drug-likeness (QED) is 0.705. The Morgan fingerprint density at radius 3 is 2.75 bits per heavy atom. The van der Waals surface area contributed by atoms with E-state index in [2.05, 4.69) is 17.2 Å². The highest BCUT2D eigenvalue weighted by molar-refractivity contribution is 6.34. The van der Waals surface area contributed by atoms with E-state index >= 15 is 0 Å². The number of rotatable bonds is 6. The highest BCUT2D eigenvalue weighted by Crippen LogP contribution is 2.25. The smallest absolute Gasteiger partial charge is 0.241 e. The Balaban J connectivity index is 2.83. The highest BCUT2D eigenvalue weighted by atomic mass is 35.5. The molecule has 4 N–H and O–H groups in total. The van der Waals surface area contributed by atoms with Gasteiger partial charge in [-0.3, -0.25) is 9.59 Å². The molecule has 0 aliphatic rings. The van der Waals surface area contributed by atoms with E-state index in [4.69, 9.17) is 17.3 Å². The van der Waals surface area contributed by atoms with E-state index in [1.54, 1.807) is 31.2 Å². The van der Waals surface area contributed by atoms with E-state index in [1.807, 2.05) is 0 Å². The van der Waals surface area contributed by atoms with Gasteiger partial charge in [-0.05, 0) is 24.6 Å². The molecule has 0 fully saturated rings. The standard InChI is InChI=1S/C14H18ClN3O2/c1-3-5-11(16)14(20)18-12-8-9(6-7-10(12)15)17-13(19)4-2/h3,6-8,11H,1,4-5,16H2,2H3,(H,17,19)(H,18,20). The van der Waals surface area contributed by atoms with Gasteiger partial charge < -0.3 is 16.4 Å². The third kappa shape index (κ3) is 4.68. The molecule has 0 radical (unpaired) electrons. The minimum atomic E-state index is -0.683. The Morgan fingerprint density at radius 1 is 1.45 bits per heavy atom. The van der Waals surface area contributed by atoms with Crippen molar-refractivity contribution in [1.29, 1.82) is 0 Å². The van der Waals surface area contributed by atoms with Crippen LogP contribution in [-0.2, 0) is 9.59 Å². The van der Waals surface area contributed by atoms with Gasteiger partial charge in [0.1, 0.15) is 0 Å². The summed E-state index contributed by atoms with van der Waals surface area (Å²) in [5.74, 6) is -0.473. The average Bonchev–Trinajstić information content (AvgIpc) is 2.42. The van der Waals surface area contributed by atoms with Crippen LogP contribution in [0.1, 0.15) is 19.8 Å². The van der Waals surface area contributed by atoms with Crippen LogP contribution in [0.5, 0.6) is 0 Å². The SMILES string of the molecule is C=CCC(N)C(=O)Nc1cc(NC(=O)CC)ccc1Cl. The Hall–Kier alpha value is -1.85. The number of nitrogens with two attached hydrogens (primary N) is 1. The molecule has 5 nitrogen and oxygen atoms in total. The van der Waals surface area contributed by atoms with Crippen molar-refractivity contribution in [3.05, 3.63) is 35.9 Å². The molecule has 0 spiro atoms. The largest absolute Gasteiger partial charge is 0.326 e. The van der Waals surface area contributed by atoms with Gasteiger partial charge in [0.25, 0.3) is 0 Å². The second kappa shape index (κ2) is 7.67. The fourth-order valence-electron chi connectivity index (χ4n) is 1.46. The molecule has 1 aromatic carbocycles. The number of nitrogens with one attached hydrogen (secondary N) is 2. The predicted octanol–water partition coefficient (Wildman–Crippen LogP) is 2.53. The maximum Gasteiger partial charge on any atom is 0.241 e. The molecule has 0 aliphatic carbocycles. The lowest BCUT2D eigenvalue weighted by Gasteiger charge is -2.13. The number of carbonyl (C=O) groups is 2. The maximum absolute atomic E-state index is 11.8. The second-order valence-corrected chi connectivity index (χ2v) is 4.62. The van der Waals surface area contributed by atoms with Gasteiger partial charge in [0.15, 0.2) is 0 Å². The summed E-state index contributed by atoms with van der Waals surface area (Å²) in [5, 5.41) is 5.70. The summed E-state index contributed by atoms with van der Waals surface area (Å²) in [5.41, 5.74) is 6.64. The number of hydrogen-bond donors (Lipinski definition) is 3. The molecule has 0 aliphatic heterocycles. The van der Waals surface area contributed by atoms with Gasteiger partial charge >= 0.3 is 0 Å². The van der Waals surface area contributed by atoms with E-state index in [0.29, 0.717) is 29.2 Å². The molecular weight excluding hydrogens is 278 g/mol. The first kappa shape index (κ1) is 16.2. The predicted molar refractivity (Wildman–Crippen MR) is 81.8 cm³/mol. The van der Waals surface area contributed by atoms with Gasteiger partial charge in [0.05, 0.1) is 16.8 Å². The van der Waals surface area contributed by atoms with Gasteiger partial charge in [-0.25, -0.2) is 0 Å². The number of halogens is 1. The number of benzene rings is 1. The van der Waals surface area contributed by atoms with Crippen molar-refractivity contribution in [2.75, 3.05) is 10.6 Å². The lowest BCUT2D eigenvalue weighted by molar-refractivity contribution is -0.117. The third-order valence-corrected chi connectivity index (χ3v) is 2.92. The number of carbonyl (C=O) groups excluding carboxylic acids is 2. The number of hydrogen-bond acceptors (Lipinski definition) is 3. The summed E-state index contributed by atoms with van der Waals surface area (Å²) in [6, 6.07) is 4.17. The first-order valence-electron chi connectivity index (χ1n) is 6.24. The minimum absolute atomic E-state index is 0.118. The van der Waals surface area contributed by atoms with Gasteiger partial charge in [-0.1, -0.05) is 24.6 Å². The zero-order chi connectivity index (χ0) is 15.1. The molecule has 0 saturated carbocycles. The number of anilines is 2. The van der Waals surface area contributed by atoms with E-state index in [-0.39, 0.29) is 11.8 Å². The Kier molecular flexibility index (Phi) is 6.21. The molecule has 108 valence electrons. The fraction of sp³-hybridized carbons (Fsp3) is 0.286. The van der Waals surface area contributed by atoms with Crippen molar-refractivity contribution >= 4 is 34.8 Å². The van der Waals surface area contributed by atoms with Crippen molar-refractivity contribution in [3.8, 4) is 0 Å². The summed E-state index contributed by atoms with van der Waals surface area (Å²) >= 11 is 6.00. The average molecular weight is 296 g/mol. The van der Waals surface area contributed by atoms with Crippen LogP contribution in [0.4, 0.5) is 11.4 Å². The van der Waals surface area contributed by atoms with Gasteiger partial charge in [-0.15, -0.1) is 6.58 Å². The lowest BCUT2D eigenvalue weighted by atomic mass is 10.2.